The zero-order valence-corrected chi connectivity index (χ0v) is 18.6. The van der Waals surface area contributed by atoms with Crippen LogP contribution in [0.4, 0.5) is 14.5 Å². The largest absolute Gasteiger partial charge is 0.369 e. The van der Waals surface area contributed by atoms with Crippen LogP contribution in [-0.2, 0) is 4.79 Å². The lowest BCUT2D eigenvalue weighted by atomic mass is 10.2. The minimum absolute atomic E-state index is 0.149. The molecule has 0 bridgehead atoms. The Bertz CT molecular complexity index is 903. The standard InChI is InChI=1S/C22H25BrF2N4O2/c23-20-6-3-17(25)15-19(20)22(31)27-8-7-21(30)26-9-10-28-11-13-29(14-12-28)18-4-1-16(24)2-5-18/h1-6,15H,7-14H2,(H,26,30)(H,27,31). The first kappa shape index (κ1) is 23.1. The van der Waals surface area contributed by atoms with Gasteiger partial charge in [-0.15, -0.1) is 0 Å². The predicted molar refractivity (Wildman–Crippen MR) is 119 cm³/mol. The molecule has 0 unspecified atom stereocenters. The summed E-state index contributed by atoms with van der Waals surface area (Å²) in [6.45, 7) is 4.87. The quantitative estimate of drug-likeness (QED) is 0.592. The number of amides is 2. The number of carbonyl (C=O) groups is 2. The molecule has 0 aliphatic carbocycles. The van der Waals surface area contributed by atoms with Gasteiger partial charge in [0.15, 0.2) is 0 Å². The van der Waals surface area contributed by atoms with Crippen molar-refractivity contribution in [3.05, 3.63) is 64.1 Å². The van der Waals surface area contributed by atoms with Crippen molar-refractivity contribution in [2.45, 2.75) is 6.42 Å². The maximum Gasteiger partial charge on any atom is 0.252 e. The maximum absolute atomic E-state index is 13.3. The fraction of sp³-hybridized carbons (Fsp3) is 0.364. The van der Waals surface area contributed by atoms with Crippen LogP contribution in [-0.4, -0.2) is 62.5 Å². The van der Waals surface area contributed by atoms with E-state index in [2.05, 4.69) is 36.4 Å². The molecule has 0 spiro atoms. The van der Waals surface area contributed by atoms with Crippen LogP contribution >= 0.6 is 15.9 Å². The van der Waals surface area contributed by atoms with Crippen molar-refractivity contribution < 1.29 is 18.4 Å². The van der Waals surface area contributed by atoms with Crippen LogP contribution in [0.15, 0.2) is 46.9 Å². The minimum atomic E-state index is -0.496. The summed E-state index contributed by atoms with van der Waals surface area (Å²) in [5, 5.41) is 5.48. The Morgan fingerprint density at radius 1 is 0.903 bits per heavy atom. The summed E-state index contributed by atoms with van der Waals surface area (Å²) < 4.78 is 26.8. The topological polar surface area (TPSA) is 64.7 Å². The summed E-state index contributed by atoms with van der Waals surface area (Å²) in [4.78, 5) is 28.6. The van der Waals surface area contributed by atoms with Gasteiger partial charge in [-0.25, -0.2) is 8.78 Å². The molecular weight excluding hydrogens is 470 g/mol. The van der Waals surface area contributed by atoms with Gasteiger partial charge in [0.1, 0.15) is 11.6 Å². The number of halogens is 3. The monoisotopic (exact) mass is 494 g/mol. The van der Waals surface area contributed by atoms with E-state index in [-0.39, 0.29) is 30.3 Å². The number of rotatable bonds is 8. The Labute approximate surface area is 188 Å². The summed E-state index contributed by atoms with van der Waals surface area (Å²) in [5.74, 6) is -1.31. The van der Waals surface area contributed by atoms with Crippen LogP contribution in [0.3, 0.4) is 0 Å². The molecule has 1 aliphatic rings. The lowest BCUT2D eigenvalue weighted by molar-refractivity contribution is -0.121. The number of anilines is 1. The summed E-state index contributed by atoms with van der Waals surface area (Å²) in [6.07, 6.45) is 0.150. The lowest BCUT2D eigenvalue weighted by Crippen LogP contribution is -2.48. The highest BCUT2D eigenvalue weighted by Gasteiger charge is 2.17. The number of nitrogens with one attached hydrogen (secondary N) is 2. The average molecular weight is 495 g/mol. The minimum Gasteiger partial charge on any atom is -0.369 e. The zero-order valence-electron chi connectivity index (χ0n) is 17.0. The van der Waals surface area contributed by atoms with Gasteiger partial charge in [-0.3, -0.25) is 14.5 Å². The molecule has 1 fully saturated rings. The fourth-order valence-electron chi connectivity index (χ4n) is 3.38. The van der Waals surface area contributed by atoms with Crippen molar-refractivity contribution in [1.82, 2.24) is 15.5 Å². The molecule has 3 rings (SSSR count). The van der Waals surface area contributed by atoms with E-state index in [1.54, 1.807) is 12.1 Å². The van der Waals surface area contributed by atoms with E-state index in [4.69, 9.17) is 0 Å². The summed E-state index contributed by atoms with van der Waals surface area (Å²) in [6, 6.07) is 10.4. The van der Waals surface area contributed by atoms with Crippen LogP contribution in [0.1, 0.15) is 16.8 Å². The summed E-state index contributed by atoms with van der Waals surface area (Å²) in [5.41, 5.74) is 1.21. The van der Waals surface area contributed by atoms with E-state index in [0.29, 0.717) is 11.0 Å². The van der Waals surface area contributed by atoms with E-state index < -0.39 is 11.7 Å². The van der Waals surface area contributed by atoms with Crippen LogP contribution in [0.25, 0.3) is 0 Å². The van der Waals surface area contributed by atoms with Gasteiger partial charge in [0.2, 0.25) is 5.91 Å². The Hall–Kier alpha value is -2.52. The maximum atomic E-state index is 13.3. The van der Waals surface area contributed by atoms with E-state index in [1.165, 1.54) is 24.3 Å². The SMILES string of the molecule is O=C(CCNC(=O)c1cc(F)ccc1Br)NCCN1CCN(c2ccc(F)cc2)CC1. The van der Waals surface area contributed by atoms with Gasteiger partial charge in [-0.2, -0.15) is 0 Å². The number of nitrogens with zero attached hydrogens (tertiary/aromatic N) is 2. The molecular formula is C22H25BrF2N4O2. The second-order valence-electron chi connectivity index (χ2n) is 7.29. The van der Waals surface area contributed by atoms with Crippen LogP contribution < -0.4 is 15.5 Å². The van der Waals surface area contributed by atoms with E-state index in [0.717, 1.165) is 44.5 Å². The number of benzene rings is 2. The number of piperazine rings is 1. The highest BCUT2D eigenvalue weighted by Crippen LogP contribution is 2.18. The Balaban J connectivity index is 1.30. The van der Waals surface area contributed by atoms with Crippen LogP contribution in [0.5, 0.6) is 0 Å². The Morgan fingerprint density at radius 3 is 2.29 bits per heavy atom. The van der Waals surface area contributed by atoms with Crippen molar-refractivity contribution in [1.29, 1.82) is 0 Å². The normalized spacial score (nSPS) is 14.4. The Morgan fingerprint density at radius 2 is 1.58 bits per heavy atom. The molecule has 31 heavy (non-hydrogen) atoms. The third-order valence-corrected chi connectivity index (χ3v) is 5.82. The zero-order chi connectivity index (χ0) is 22.2. The second-order valence-corrected chi connectivity index (χ2v) is 8.14. The number of hydrogen-bond donors (Lipinski definition) is 2. The predicted octanol–water partition coefficient (Wildman–Crippen LogP) is 2.79. The summed E-state index contributed by atoms with van der Waals surface area (Å²) >= 11 is 3.21. The molecule has 2 aromatic rings. The van der Waals surface area contributed by atoms with E-state index >= 15 is 0 Å². The molecule has 0 atom stereocenters. The van der Waals surface area contributed by atoms with Crippen LogP contribution in [0.2, 0.25) is 0 Å². The smallest absolute Gasteiger partial charge is 0.252 e. The summed E-state index contributed by atoms with van der Waals surface area (Å²) in [7, 11) is 0. The number of carbonyl (C=O) groups excluding carboxylic acids is 2. The van der Waals surface area contributed by atoms with Gasteiger partial charge in [-0.05, 0) is 58.4 Å². The molecule has 2 N–H and O–H groups in total. The first-order valence-corrected chi connectivity index (χ1v) is 10.9. The van der Waals surface area contributed by atoms with Gasteiger partial charge in [0, 0.05) is 62.4 Å². The Kier molecular flexibility index (Phi) is 8.36. The molecule has 6 nitrogen and oxygen atoms in total. The molecule has 1 aliphatic heterocycles. The lowest BCUT2D eigenvalue weighted by Gasteiger charge is -2.36. The first-order valence-electron chi connectivity index (χ1n) is 10.2. The van der Waals surface area contributed by atoms with Crippen molar-refractivity contribution in [3.63, 3.8) is 0 Å². The molecule has 0 saturated carbocycles. The van der Waals surface area contributed by atoms with E-state index in [1.807, 2.05) is 0 Å². The molecule has 0 radical (unpaired) electrons. The highest BCUT2D eigenvalue weighted by molar-refractivity contribution is 9.10. The van der Waals surface area contributed by atoms with Gasteiger partial charge in [0.05, 0.1) is 5.56 Å². The average Bonchev–Trinajstić information content (AvgIpc) is 2.76. The molecule has 1 heterocycles. The van der Waals surface area contributed by atoms with Gasteiger partial charge < -0.3 is 15.5 Å². The fourth-order valence-corrected chi connectivity index (χ4v) is 3.81. The third kappa shape index (κ3) is 7.00. The third-order valence-electron chi connectivity index (χ3n) is 5.12. The molecule has 2 aromatic carbocycles. The molecule has 166 valence electrons. The first-order chi connectivity index (χ1) is 14.9. The molecule has 0 aromatic heterocycles. The van der Waals surface area contributed by atoms with Crippen molar-refractivity contribution in [3.8, 4) is 0 Å². The van der Waals surface area contributed by atoms with Crippen molar-refractivity contribution in [2.75, 3.05) is 50.7 Å². The van der Waals surface area contributed by atoms with E-state index in [9.17, 15) is 18.4 Å². The highest BCUT2D eigenvalue weighted by atomic mass is 79.9. The van der Waals surface area contributed by atoms with Gasteiger partial charge >= 0.3 is 0 Å². The van der Waals surface area contributed by atoms with Crippen molar-refractivity contribution >= 4 is 33.4 Å². The second kappa shape index (κ2) is 11.2. The molecule has 9 heteroatoms. The van der Waals surface area contributed by atoms with Crippen molar-refractivity contribution in [2.24, 2.45) is 0 Å². The van der Waals surface area contributed by atoms with Gasteiger partial charge in [-0.1, -0.05) is 0 Å². The molecule has 1 saturated heterocycles. The molecule has 2 amide bonds. The number of hydrogen-bond acceptors (Lipinski definition) is 4. The van der Waals surface area contributed by atoms with Gasteiger partial charge in [0.25, 0.3) is 5.91 Å². The van der Waals surface area contributed by atoms with Crippen LogP contribution in [0, 0.1) is 11.6 Å².